The first-order valence-corrected chi connectivity index (χ1v) is 9.04. The van der Waals surface area contributed by atoms with Crippen molar-refractivity contribution in [1.29, 1.82) is 0 Å². The molecule has 1 aromatic carbocycles. The van der Waals surface area contributed by atoms with Crippen LogP contribution < -0.4 is 10.2 Å². The third-order valence-electron chi connectivity index (χ3n) is 5.07. The lowest BCUT2D eigenvalue weighted by Gasteiger charge is -2.33. The van der Waals surface area contributed by atoms with Gasteiger partial charge >= 0.3 is 11.9 Å². The average molecular weight is 384 g/mol. The molecule has 4 rings (SSSR count). The van der Waals surface area contributed by atoms with Crippen molar-refractivity contribution in [2.75, 3.05) is 23.9 Å². The van der Waals surface area contributed by atoms with E-state index in [2.05, 4.69) is 15.0 Å². The van der Waals surface area contributed by atoms with Gasteiger partial charge in [-0.25, -0.2) is 9.59 Å². The normalized spacial score (nSPS) is 17.6. The van der Waals surface area contributed by atoms with E-state index in [1.807, 2.05) is 6.07 Å². The van der Waals surface area contributed by atoms with Gasteiger partial charge in [0.25, 0.3) is 0 Å². The molecule has 1 atom stereocenters. The molecule has 1 amide bonds. The number of ether oxygens (including phenoxy) is 2. The number of carbonyl (C=O) groups is 3. The minimum Gasteiger partial charge on any atom is -0.465 e. The predicted molar refractivity (Wildman–Crippen MR) is 99.3 cm³/mol. The van der Waals surface area contributed by atoms with E-state index in [-0.39, 0.29) is 18.6 Å². The summed E-state index contributed by atoms with van der Waals surface area (Å²) >= 11 is 0. The number of benzene rings is 1. The number of hydrogen-bond donors (Lipinski definition) is 1. The van der Waals surface area contributed by atoms with Crippen molar-refractivity contribution in [2.45, 2.75) is 32.4 Å². The summed E-state index contributed by atoms with van der Waals surface area (Å²) in [6, 6.07) is 6.50. The molecule has 3 heterocycles. The van der Waals surface area contributed by atoms with Crippen molar-refractivity contribution < 1.29 is 28.3 Å². The number of carbonyl (C=O) groups excluding carboxylic acids is 3. The van der Waals surface area contributed by atoms with Crippen molar-refractivity contribution in [1.82, 2.24) is 0 Å². The molecule has 1 saturated heterocycles. The van der Waals surface area contributed by atoms with Gasteiger partial charge in [0.05, 0.1) is 24.0 Å². The predicted octanol–water partition coefficient (Wildman–Crippen LogP) is 2.65. The molecule has 1 aromatic heterocycles. The maximum Gasteiger partial charge on any atom is 0.341 e. The van der Waals surface area contributed by atoms with Crippen LogP contribution in [0.5, 0.6) is 0 Å². The highest BCUT2D eigenvalue weighted by Crippen LogP contribution is 2.37. The van der Waals surface area contributed by atoms with Gasteiger partial charge in [-0.1, -0.05) is 0 Å². The second-order valence-corrected chi connectivity index (χ2v) is 6.82. The summed E-state index contributed by atoms with van der Waals surface area (Å²) in [6.45, 7) is 2.35. The zero-order valence-electron chi connectivity index (χ0n) is 15.6. The highest BCUT2D eigenvalue weighted by molar-refractivity contribution is 6.05. The molecule has 2 aliphatic rings. The minimum atomic E-state index is -0.547. The van der Waals surface area contributed by atoms with Crippen molar-refractivity contribution >= 4 is 29.2 Å². The molecule has 146 valence electrons. The van der Waals surface area contributed by atoms with Crippen molar-refractivity contribution in [3.8, 4) is 0 Å². The second-order valence-electron chi connectivity index (χ2n) is 6.82. The number of methoxy groups -OCH3 is 1. The van der Waals surface area contributed by atoms with Crippen LogP contribution in [0, 0.1) is 6.92 Å². The lowest BCUT2D eigenvalue weighted by Crippen LogP contribution is -2.43. The van der Waals surface area contributed by atoms with E-state index in [0.29, 0.717) is 28.3 Å². The SMILES string of the molecule is COC(=O)c1cc(COC(=O)c2ccc3c(c2)NC(=O)[C@@H]2CCCN32)oc1C. The Labute approximate surface area is 161 Å². The Kier molecular flexibility index (Phi) is 4.54. The van der Waals surface area contributed by atoms with Crippen LogP contribution in [0.25, 0.3) is 0 Å². The Balaban J connectivity index is 1.47. The summed E-state index contributed by atoms with van der Waals surface area (Å²) in [5, 5.41) is 2.87. The van der Waals surface area contributed by atoms with Crippen LogP contribution >= 0.6 is 0 Å². The van der Waals surface area contributed by atoms with Crippen molar-refractivity contribution in [3.63, 3.8) is 0 Å². The second kappa shape index (κ2) is 7.03. The summed E-state index contributed by atoms with van der Waals surface area (Å²) in [4.78, 5) is 38.3. The van der Waals surface area contributed by atoms with Crippen molar-refractivity contribution in [2.24, 2.45) is 0 Å². The largest absolute Gasteiger partial charge is 0.465 e. The lowest BCUT2D eigenvalue weighted by atomic mass is 10.1. The molecule has 2 aliphatic heterocycles. The summed E-state index contributed by atoms with van der Waals surface area (Å²) in [5.41, 5.74) is 2.15. The molecule has 2 aromatic rings. The van der Waals surface area contributed by atoms with Crippen LogP contribution in [0.15, 0.2) is 28.7 Å². The molecule has 8 nitrogen and oxygen atoms in total. The molecular formula is C20H20N2O6. The molecule has 0 saturated carbocycles. The van der Waals surface area contributed by atoms with Gasteiger partial charge in [-0.3, -0.25) is 4.79 Å². The maximum atomic E-state index is 12.4. The van der Waals surface area contributed by atoms with Gasteiger partial charge in [0.2, 0.25) is 5.91 Å². The van der Waals surface area contributed by atoms with E-state index in [1.54, 1.807) is 19.1 Å². The zero-order chi connectivity index (χ0) is 19.8. The number of anilines is 2. The van der Waals surface area contributed by atoms with E-state index in [9.17, 15) is 14.4 Å². The average Bonchev–Trinajstić information content (AvgIpc) is 3.32. The van der Waals surface area contributed by atoms with Gasteiger partial charge in [0.1, 0.15) is 29.7 Å². The number of nitrogens with one attached hydrogen (secondary N) is 1. The highest BCUT2D eigenvalue weighted by atomic mass is 16.5. The first-order chi connectivity index (χ1) is 13.5. The van der Waals surface area contributed by atoms with Gasteiger partial charge < -0.3 is 24.1 Å². The van der Waals surface area contributed by atoms with E-state index < -0.39 is 11.9 Å². The molecule has 0 aliphatic carbocycles. The Morgan fingerprint density at radius 3 is 2.89 bits per heavy atom. The van der Waals surface area contributed by atoms with Crippen LogP contribution in [-0.2, 0) is 20.9 Å². The fraction of sp³-hybridized carbons (Fsp3) is 0.350. The third kappa shape index (κ3) is 3.11. The Morgan fingerprint density at radius 2 is 2.11 bits per heavy atom. The Morgan fingerprint density at radius 1 is 1.29 bits per heavy atom. The lowest BCUT2D eigenvalue weighted by molar-refractivity contribution is -0.117. The van der Waals surface area contributed by atoms with Crippen molar-refractivity contribution in [3.05, 3.63) is 46.9 Å². The molecule has 28 heavy (non-hydrogen) atoms. The number of esters is 2. The number of rotatable bonds is 4. The first kappa shape index (κ1) is 18.1. The summed E-state index contributed by atoms with van der Waals surface area (Å²) in [6.07, 6.45) is 1.81. The third-order valence-corrected chi connectivity index (χ3v) is 5.07. The molecule has 1 N–H and O–H groups in total. The molecule has 0 radical (unpaired) electrons. The number of furan rings is 1. The van der Waals surface area contributed by atoms with E-state index in [4.69, 9.17) is 9.15 Å². The summed E-state index contributed by atoms with van der Waals surface area (Å²) in [5.74, 6) is -0.359. The standard InChI is InChI=1S/C20H20N2O6/c1-11-14(20(25)26-2)9-13(28-11)10-27-19(24)12-5-6-16-15(8-12)21-18(23)17-4-3-7-22(16)17/h5-6,8-9,17H,3-4,7,10H2,1-2H3,(H,21,23)/t17-/m0/s1. The van der Waals surface area contributed by atoms with E-state index >= 15 is 0 Å². The molecule has 0 spiro atoms. The Hall–Kier alpha value is -3.29. The van der Waals surface area contributed by atoms with Crippen LogP contribution in [0.1, 0.15) is 45.1 Å². The minimum absolute atomic E-state index is 0.0445. The molecule has 0 bridgehead atoms. The van der Waals surface area contributed by atoms with Crippen LogP contribution in [-0.4, -0.2) is 37.5 Å². The molecule has 1 fully saturated rings. The number of nitrogens with zero attached hydrogens (tertiary/aromatic N) is 1. The zero-order valence-corrected chi connectivity index (χ0v) is 15.6. The van der Waals surface area contributed by atoms with Gasteiger partial charge in [-0.05, 0) is 44.0 Å². The highest BCUT2D eigenvalue weighted by Gasteiger charge is 2.36. The maximum absolute atomic E-state index is 12.4. The monoisotopic (exact) mass is 384 g/mol. The molecular weight excluding hydrogens is 364 g/mol. The Bertz CT molecular complexity index is 964. The van der Waals surface area contributed by atoms with Crippen LogP contribution in [0.3, 0.4) is 0 Å². The first-order valence-electron chi connectivity index (χ1n) is 9.04. The quantitative estimate of drug-likeness (QED) is 0.809. The van der Waals surface area contributed by atoms with Gasteiger partial charge in [-0.2, -0.15) is 0 Å². The fourth-order valence-electron chi connectivity index (χ4n) is 3.70. The topological polar surface area (TPSA) is 98.1 Å². The van der Waals surface area contributed by atoms with E-state index in [1.165, 1.54) is 13.2 Å². The fourth-order valence-corrected chi connectivity index (χ4v) is 3.70. The van der Waals surface area contributed by atoms with Gasteiger partial charge in [-0.15, -0.1) is 0 Å². The molecule has 0 unspecified atom stereocenters. The summed E-state index contributed by atoms with van der Waals surface area (Å²) in [7, 11) is 1.29. The molecule has 8 heteroatoms. The van der Waals surface area contributed by atoms with Gasteiger partial charge in [0.15, 0.2) is 0 Å². The number of fused-ring (bicyclic) bond motifs is 3. The van der Waals surface area contributed by atoms with Gasteiger partial charge in [0, 0.05) is 6.54 Å². The summed E-state index contributed by atoms with van der Waals surface area (Å²) < 4.78 is 15.4. The van der Waals surface area contributed by atoms with E-state index in [0.717, 1.165) is 25.1 Å². The van der Waals surface area contributed by atoms with Crippen LogP contribution in [0.4, 0.5) is 11.4 Å². The number of hydrogen-bond acceptors (Lipinski definition) is 7. The smallest absolute Gasteiger partial charge is 0.341 e. The van der Waals surface area contributed by atoms with Crippen LogP contribution in [0.2, 0.25) is 0 Å². The number of amides is 1. The number of aryl methyl sites for hydroxylation is 1.